The van der Waals surface area contributed by atoms with Crippen LogP contribution in [0.1, 0.15) is 36.9 Å². The van der Waals surface area contributed by atoms with Crippen molar-refractivity contribution in [2.45, 2.75) is 31.7 Å². The quantitative estimate of drug-likeness (QED) is 0.737. The Morgan fingerprint density at radius 3 is 2.77 bits per heavy atom. The van der Waals surface area contributed by atoms with E-state index < -0.39 is 0 Å². The van der Waals surface area contributed by atoms with Crippen LogP contribution in [0.15, 0.2) is 35.0 Å². The first-order valence-electron chi connectivity index (χ1n) is 7.55. The highest BCUT2D eigenvalue weighted by molar-refractivity contribution is 5.75. The van der Waals surface area contributed by atoms with Crippen LogP contribution in [0.3, 0.4) is 0 Å². The van der Waals surface area contributed by atoms with E-state index in [0.717, 1.165) is 35.6 Å². The Balaban J connectivity index is 1.52. The predicted molar refractivity (Wildman–Crippen MR) is 82.5 cm³/mol. The molecule has 1 aromatic carbocycles. The summed E-state index contributed by atoms with van der Waals surface area (Å²) < 4.78 is 5.35. The van der Waals surface area contributed by atoms with E-state index in [4.69, 9.17) is 4.52 Å². The van der Waals surface area contributed by atoms with Gasteiger partial charge < -0.3 is 9.42 Å². The van der Waals surface area contributed by atoms with Gasteiger partial charge >= 0.3 is 0 Å². The zero-order chi connectivity index (χ0) is 14.9. The summed E-state index contributed by atoms with van der Waals surface area (Å²) in [6, 6.07) is 7.84. The summed E-state index contributed by atoms with van der Waals surface area (Å²) >= 11 is 0. The molecule has 2 aromatic heterocycles. The minimum absolute atomic E-state index is 0.465. The van der Waals surface area contributed by atoms with Crippen molar-refractivity contribution in [3.05, 3.63) is 42.2 Å². The van der Waals surface area contributed by atoms with Crippen LogP contribution in [-0.4, -0.2) is 27.2 Å². The van der Waals surface area contributed by atoms with E-state index in [0.29, 0.717) is 18.3 Å². The number of nitrogens with zero attached hydrogens (tertiary/aromatic N) is 5. The Morgan fingerprint density at radius 2 is 2.00 bits per heavy atom. The summed E-state index contributed by atoms with van der Waals surface area (Å²) in [4.78, 5) is 15.5. The molecular weight excluding hydrogens is 278 g/mol. The van der Waals surface area contributed by atoms with Crippen molar-refractivity contribution < 1.29 is 4.52 Å². The lowest BCUT2D eigenvalue weighted by atomic mass is 9.85. The summed E-state index contributed by atoms with van der Waals surface area (Å²) in [7, 11) is 1.96. The van der Waals surface area contributed by atoms with Gasteiger partial charge in [0.25, 0.3) is 0 Å². The van der Waals surface area contributed by atoms with Gasteiger partial charge in [-0.2, -0.15) is 4.98 Å². The largest absolute Gasteiger partial charge is 0.351 e. The summed E-state index contributed by atoms with van der Waals surface area (Å²) in [5.74, 6) is 2.74. The van der Waals surface area contributed by atoms with Crippen molar-refractivity contribution in [1.29, 1.82) is 0 Å². The van der Waals surface area contributed by atoms with Crippen molar-refractivity contribution in [1.82, 2.24) is 20.1 Å². The number of anilines is 1. The highest BCUT2D eigenvalue weighted by Gasteiger charge is 2.25. The van der Waals surface area contributed by atoms with E-state index in [2.05, 4.69) is 20.1 Å². The number of fused-ring (bicyclic) bond motifs is 1. The van der Waals surface area contributed by atoms with E-state index in [1.54, 1.807) is 6.20 Å². The van der Waals surface area contributed by atoms with Gasteiger partial charge in [0.05, 0.1) is 23.8 Å². The van der Waals surface area contributed by atoms with Crippen molar-refractivity contribution in [3.63, 3.8) is 0 Å². The summed E-state index contributed by atoms with van der Waals surface area (Å²) in [6.45, 7) is 0.559. The van der Waals surface area contributed by atoms with E-state index in [9.17, 15) is 0 Å². The van der Waals surface area contributed by atoms with Crippen molar-refractivity contribution in [2.75, 3.05) is 11.9 Å². The highest BCUT2D eigenvalue weighted by atomic mass is 16.5. The first-order chi connectivity index (χ1) is 10.8. The van der Waals surface area contributed by atoms with Crippen LogP contribution in [0.4, 0.5) is 5.82 Å². The third-order valence-corrected chi connectivity index (χ3v) is 4.14. The van der Waals surface area contributed by atoms with Crippen LogP contribution in [0.25, 0.3) is 11.0 Å². The zero-order valence-electron chi connectivity index (χ0n) is 12.4. The van der Waals surface area contributed by atoms with Gasteiger partial charge in [-0.3, -0.25) is 4.98 Å². The summed E-state index contributed by atoms with van der Waals surface area (Å²) in [5.41, 5.74) is 1.78. The average Bonchev–Trinajstić information content (AvgIpc) is 2.93. The molecule has 6 nitrogen and oxygen atoms in total. The zero-order valence-corrected chi connectivity index (χ0v) is 12.4. The number of benzene rings is 1. The molecule has 0 aliphatic heterocycles. The molecule has 0 saturated heterocycles. The number of aromatic nitrogens is 4. The van der Waals surface area contributed by atoms with E-state index in [1.807, 2.05) is 36.2 Å². The Kier molecular flexibility index (Phi) is 3.21. The molecule has 0 bridgehead atoms. The molecule has 1 aliphatic carbocycles. The standard InChI is InChI=1S/C16H17N5O/c1-21(10-14-19-16(22-20-14)11-5-4-6-11)15-9-17-12-7-2-3-8-13(12)18-15/h2-3,7-9,11H,4-6,10H2,1H3. The molecule has 0 N–H and O–H groups in total. The fraction of sp³-hybridized carbons (Fsp3) is 0.375. The second-order valence-electron chi connectivity index (χ2n) is 5.75. The van der Waals surface area contributed by atoms with E-state index in [1.165, 1.54) is 6.42 Å². The SMILES string of the molecule is CN(Cc1noc(C2CCC2)n1)c1cnc2ccccc2n1. The van der Waals surface area contributed by atoms with Crippen LogP contribution < -0.4 is 4.90 Å². The molecule has 2 heterocycles. The number of hydrogen-bond donors (Lipinski definition) is 0. The van der Waals surface area contributed by atoms with Crippen LogP contribution >= 0.6 is 0 Å². The predicted octanol–water partition coefficient (Wildman–Crippen LogP) is 2.92. The maximum absolute atomic E-state index is 5.35. The number of para-hydroxylation sites is 2. The van der Waals surface area contributed by atoms with Gasteiger partial charge in [-0.1, -0.05) is 23.7 Å². The fourth-order valence-corrected chi connectivity index (χ4v) is 2.58. The molecule has 3 aromatic rings. The molecule has 1 fully saturated rings. The number of hydrogen-bond acceptors (Lipinski definition) is 6. The Hall–Kier alpha value is -2.50. The summed E-state index contributed by atoms with van der Waals surface area (Å²) in [6.07, 6.45) is 5.35. The van der Waals surface area contributed by atoms with Crippen LogP contribution in [0, 0.1) is 0 Å². The topological polar surface area (TPSA) is 67.9 Å². The smallest absolute Gasteiger partial charge is 0.229 e. The third-order valence-electron chi connectivity index (χ3n) is 4.14. The molecule has 22 heavy (non-hydrogen) atoms. The van der Waals surface area contributed by atoms with Crippen molar-refractivity contribution >= 4 is 16.9 Å². The first-order valence-corrected chi connectivity index (χ1v) is 7.55. The number of rotatable bonds is 4. The molecule has 6 heteroatoms. The van der Waals surface area contributed by atoms with Gasteiger partial charge in [0.2, 0.25) is 5.89 Å². The monoisotopic (exact) mass is 295 g/mol. The molecular formula is C16H17N5O. The summed E-state index contributed by atoms with van der Waals surface area (Å²) in [5, 5.41) is 4.07. The maximum atomic E-state index is 5.35. The minimum Gasteiger partial charge on any atom is -0.351 e. The van der Waals surface area contributed by atoms with Gasteiger partial charge in [0.15, 0.2) is 5.82 Å². The molecule has 112 valence electrons. The highest BCUT2D eigenvalue weighted by Crippen LogP contribution is 2.35. The Bertz CT molecular complexity index is 796. The molecule has 0 atom stereocenters. The molecule has 0 radical (unpaired) electrons. The van der Waals surface area contributed by atoms with Crippen molar-refractivity contribution in [2.24, 2.45) is 0 Å². The minimum atomic E-state index is 0.465. The second-order valence-corrected chi connectivity index (χ2v) is 5.75. The molecule has 0 spiro atoms. The molecule has 0 amide bonds. The van der Waals surface area contributed by atoms with Crippen LogP contribution in [0.5, 0.6) is 0 Å². The van der Waals surface area contributed by atoms with E-state index >= 15 is 0 Å². The third kappa shape index (κ3) is 2.41. The normalized spacial score (nSPS) is 15.0. The lowest BCUT2D eigenvalue weighted by Crippen LogP contribution is -2.19. The van der Waals surface area contributed by atoms with Gasteiger partial charge in [0.1, 0.15) is 5.82 Å². The maximum Gasteiger partial charge on any atom is 0.229 e. The van der Waals surface area contributed by atoms with Gasteiger partial charge in [0, 0.05) is 13.0 Å². The molecule has 0 unspecified atom stereocenters. The molecule has 1 aliphatic rings. The lowest BCUT2D eigenvalue weighted by molar-refractivity contribution is 0.291. The van der Waals surface area contributed by atoms with Gasteiger partial charge in [-0.05, 0) is 25.0 Å². The molecule has 1 saturated carbocycles. The van der Waals surface area contributed by atoms with E-state index in [-0.39, 0.29) is 0 Å². The van der Waals surface area contributed by atoms with Gasteiger partial charge in [-0.15, -0.1) is 0 Å². The van der Waals surface area contributed by atoms with Crippen LogP contribution in [-0.2, 0) is 6.54 Å². The fourth-order valence-electron chi connectivity index (χ4n) is 2.58. The molecule has 4 rings (SSSR count). The second kappa shape index (κ2) is 5.36. The Morgan fingerprint density at radius 1 is 1.18 bits per heavy atom. The first kappa shape index (κ1) is 13.2. The lowest BCUT2D eigenvalue weighted by Gasteiger charge is -2.20. The Labute approximate surface area is 128 Å². The average molecular weight is 295 g/mol. The van der Waals surface area contributed by atoms with Gasteiger partial charge in [-0.25, -0.2) is 4.98 Å². The van der Waals surface area contributed by atoms with Crippen LogP contribution in [0.2, 0.25) is 0 Å². The van der Waals surface area contributed by atoms with Crippen molar-refractivity contribution in [3.8, 4) is 0 Å².